The van der Waals surface area contributed by atoms with Crippen molar-refractivity contribution in [3.63, 3.8) is 0 Å². The van der Waals surface area contributed by atoms with Gasteiger partial charge in [-0.15, -0.1) is 0 Å². The summed E-state index contributed by atoms with van der Waals surface area (Å²) in [7, 11) is 0. The van der Waals surface area contributed by atoms with Crippen molar-refractivity contribution in [2.75, 3.05) is 0 Å². The molecule has 0 saturated carbocycles. The number of rotatable bonds is 1. The molecule has 0 aromatic heterocycles. The largest absolute Gasteiger partial charge is 0.205 e. The van der Waals surface area contributed by atoms with E-state index in [1.807, 2.05) is 0 Å². The lowest BCUT2D eigenvalue weighted by Gasteiger charge is -2.01. The molecule has 0 saturated heterocycles. The van der Waals surface area contributed by atoms with Crippen molar-refractivity contribution in [1.29, 1.82) is 0 Å². The second-order valence-corrected chi connectivity index (χ2v) is 2.91. The fraction of sp³-hybridized carbons (Fsp3) is 0.111. The summed E-state index contributed by atoms with van der Waals surface area (Å²) in [5.74, 6) is -1.51. The summed E-state index contributed by atoms with van der Waals surface area (Å²) >= 11 is 5.27. The Morgan fingerprint density at radius 2 is 1.75 bits per heavy atom. The molecule has 0 aliphatic rings. The molecular formula is C9H7ClF2. The third kappa shape index (κ3) is 1.64. The molecule has 12 heavy (non-hydrogen) atoms. The maximum atomic E-state index is 12.8. The monoisotopic (exact) mass is 188 g/mol. The molecule has 1 rings (SSSR count). The highest BCUT2D eigenvalue weighted by atomic mass is 35.5. The van der Waals surface area contributed by atoms with Crippen LogP contribution < -0.4 is 0 Å². The second kappa shape index (κ2) is 3.23. The lowest BCUT2D eigenvalue weighted by molar-refractivity contribution is 0.583. The molecule has 0 bridgehead atoms. The van der Waals surface area contributed by atoms with Crippen molar-refractivity contribution < 1.29 is 8.78 Å². The molecule has 0 unspecified atom stereocenters. The third-order valence-electron chi connectivity index (χ3n) is 1.48. The molecule has 0 fully saturated rings. The summed E-state index contributed by atoms with van der Waals surface area (Å²) in [5, 5.41) is -0.472. The smallest absolute Gasteiger partial charge is 0.145 e. The van der Waals surface area contributed by atoms with E-state index in [0.29, 0.717) is 11.1 Å². The number of hydrogen-bond acceptors (Lipinski definition) is 0. The Labute approximate surface area is 74.5 Å². The van der Waals surface area contributed by atoms with Crippen molar-refractivity contribution >= 4 is 17.2 Å². The van der Waals surface area contributed by atoms with Gasteiger partial charge in [0, 0.05) is 0 Å². The number of hydrogen-bond donors (Lipinski definition) is 0. The van der Waals surface area contributed by atoms with Gasteiger partial charge < -0.3 is 0 Å². The minimum absolute atomic E-state index is 0.425. The van der Waals surface area contributed by atoms with Gasteiger partial charge in [-0.2, -0.15) is 0 Å². The van der Waals surface area contributed by atoms with Gasteiger partial charge in [0.05, 0.1) is 0 Å². The van der Waals surface area contributed by atoms with E-state index in [0.717, 1.165) is 12.1 Å². The van der Waals surface area contributed by atoms with E-state index in [1.54, 1.807) is 6.92 Å². The third-order valence-corrected chi connectivity index (χ3v) is 1.84. The Bertz CT molecular complexity index is 308. The predicted octanol–water partition coefficient (Wildman–Crippen LogP) is 3.65. The normalized spacial score (nSPS) is 10.0. The summed E-state index contributed by atoms with van der Waals surface area (Å²) < 4.78 is 25.6. The highest BCUT2D eigenvalue weighted by Crippen LogP contribution is 2.23. The SMILES string of the molecule is C=C(C)c1cc(F)c(Cl)c(F)c1. The molecule has 0 amide bonds. The van der Waals surface area contributed by atoms with Gasteiger partial charge in [0.2, 0.25) is 0 Å². The van der Waals surface area contributed by atoms with Crippen molar-refractivity contribution in [2.45, 2.75) is 6.92 Å². The van der Waals surface area contributed by atoms with Gasteiger partial charge in [0.1, 0.15) is 16.7 Å². The Morgan fingerprint density at radius 3 is 2.08 bits per heavy atom. The molecule has 0 nitrogen and oxygen atoms in total. The molecular weight excluding hydrogens is 182 g/mol. The summed E-state index contributed by atoms with van der Waals surface area (Å²) in [6.45, 7) is 5.23. The first-order chi connectivity index (χ1) is 5.52. The Kier molecular flexibility index (Phi) is 2.48. The number of halogens is 3. The quantitative estimate of drug-likeness (QED) is 0.590. The van der Waals surface area contributed by atoms with E-state index in [1.165, 1.54) is 0 Å². The first kappa shape index (κ1) is 9.20. The van der Waals surface area contributed by atoms with E-state index < -0.39 is 16.7 Å². The van der Waals surface area contributed by atoms with Gasteiger partial charge in [-0.3, -0.25) is 0 Å². The van der Waals surface area contributed by atoms with Crippen LogP contribution in [0.2, 0.25) is 5.02 Å². The van der Waals surface area contributed by atoms with Crippen LogP contribution in [-0.4, -0.2) is 0 Å². The minimum atomic E-state index is -0.755. The van der Waals surface area contributed by atoms with Gasteiger partial charge in [0.25, 0.3) is 0 Å². The first-order valence-corrected chi connectivity index (χ1v) is 3.70. The van der Waals surface area contributed by atoms with Crippen molar-refractivity contribution in [3.8, 4) is 0 Å². The first-order valence-electron chi connectivity index (χ1n) is 3.33. The molecule has 0 heterocycles. The lowest BCUT2D eigenvalue weighted by Crippen LogP contribution is -1.87. The standard InChI is InChI=1S/C9H7ClF2/c1-5(2)6-3-7(11)9(10)8(12)4-6/h3-4H,1H2,2H3. The minimum Gasteiger partial charge on any atom is -0.205 e. The molecule has 0 atom stereocenters. The topological polar surface area (TPSA) is 0 Å². The van der Waals surface area contributed by atoms with Crippen LogP contribution in [0.3, 0.4) is 0 Å². The molecule has 0 aliphatic heterocycles. The van der Waals surface area contributed by atoms with E-state index in [9.17, 15) is 8.78 Å². The van der Waals surface area contributed by atoms with Crippen LogP contribution in [0.25, 0.3) is 5.57 Å². The molecule has 64 valence electrons. The molecule has 1 aromatic rings. The fourth-order valence-electron chi connectivity index (χ4n) is 0.802. The molecule has 3 heteroatoms. The lowest BCUT2D eigenvalue weighted by atomic mass is 10.1. The Hall–Kier alpha value is -0.890. The van der Waals surface area contributed by atoms with Crippen LogP contribution >= 0.6 is 11.6 Å². The maximum absolute atomic E-state index is 12.8. The van der Waals surface area contributed by atoms with Crippen LogP contribution in [0.4, 0.5) is 8.78 Å². The highest BCUT2D eigenvalue weighted by Gasteiger charge is 2.08. The summed E-state index contributed by atoms with van der Waals surface area (Å²) in [4.78, 5) is 0. The maximum Gasteiger partial charge on any atom is 0.145 e. The summed E-state index contributed by atoms with van der Waals surface area (Å²) in [6.07, 6.45) is 0. The van der Waals surface area contributed by atoms with Crippen LogP contribution in [0, 0.1) is 11.6 Å². The van der Waals surface area contributed by atoms with Crippen LogP contribution in [0.5, 0.6) is 0 Å². The molecule has 1 aromatic carbocycles. The zero-order chi connectivity index (χ0) is 9.30. The van der Waals surface area contributed by atoms with Crippen molar-refractivity contribution in [2.24, 2.45) is 0 Å². The summed E-state index contributed by atoms with van der Waals surface area (Å²) in [5.41, 5.74) is 1.03. The fourth-order valence-corrected chi connectivity index (χ4v) is 0.911. The number of benzene rings is 1. The van der Waals surface area contributed by atoms with Crippen molar-refractivity contribution in [1.82, 2.24) is 0 Å². The average molecular weight is 189 g/mol. The van der Waals surface area contributed by atoms with E-state index in [2.05, 4.69) is 6.58 Å². The second-order valence-electron chi connectivity index (χ2n) is 2.53. The van der Waals surface area contributed by atoms with Crippen LogP contribution in [0.15, 0.2) is 18.7 Å². The van der Waals surface area contributed by atoms with E-state index in [4.69, 9.17) is 11.6 Å². The van der Waals surface area contributed by atoms with Gasteiger partial charge >= 0.3 is 0 Å². The average Bonchev–Trinajstić information content (AvgIpc) is 1.99. The molecule has 0 aliphatic carbocycles. The molecule has 0 radical (unpaired) electrons. The van der Waals surface area contributed by atoms with Gasteiger partial charge in [0.15, 0.2) is 0 Å². The van der Waals surface area contributed by atoms with E-state index in [-0.39, 0.29) is 0 Å². The Morgan fingerprint density at radius 1 is 1.33 bits per heavy atom. The highest BCUT2D eigenvalue weighted by molar-refractivity contribution is 6.30. The predicted molar refractivity (Wildman–Crippen MR) is 46.1 cm³/mol. The van der Waals surface area contributed by atoms with Gasteiger partial charge in [-0.1, -0.05) is 23.8 Å². The van der Waals surface area contributed by atoms with E-state index >= 15 is 0 Å². The molecule has 0 N–H and O–H groups in total. The molecule has 0 spiro atoms. The van der Waals surface area contributed by atoms with Crippen LogP contribution in [-0.2, 0) is 0 Å². The zero-order valence-electron chi connectivity index (χ0n) is 6.50. The van der Waals surface area contributed by atoms with Gasteiger partial charge in [-0.05, 0) is 24.6 Å². The zero-order valence-corrected chi connectivity index (χ0v) is 7.25. The van der Waals surface area contributed by atoms with Crippen molar-refractivity contribution in [3.05, 3.63) is 40.9 Å². The number of allylic oxidation sites excluding steroid dienone is 1. The Balaban J connectivity index is 3.31. The van der Waals surface area contributed by atoms with Gasteiger partial charge in [-0.25, -0.2) is 8.78 Å². The summed E-state index contributed by atoms with van der Waals surface area (Å²) in [6, 6.07) is 2.32. The van der Waals surface area contributed by atoms with Crippen LogP contribution in [0.1, 0.15) is 12.5 Å².